The summed E-state index contributed by atoms with van der Waals surface area (Å²) in [5.74, 6) is -0.537. The molecule has 1 aromatic carbocycles. The lowest BCUT2D eigenvalue weighted by molar-refractivity contribution is -0.136. The summed E-state index contributed by atoms with van der Waals surface area (Å²) in [6, 6.07) is 6.39. The Hall–Kier alpha value is -2.80. The number of H-pyrrole nitrogens is 1. The van der Waals surface area contributed by atoms with E-state index in [1.807, 2.05) is 0 Å². The van der Waals surface area contributed by atoms with Crippen LogP contribution in [0.4, 0.5) is 0 Å². The van der Waals surface area contributed by atoms with E-state index in [1.54, 1.807) is 18.2 Å². The molecule has 23 heavy (non-hydrogen) atoms. The Balaban J connectivity index is 2.18. The monoisotopic (exact) mass is 333 g/mol. The predicted molar refractivity (Wildman–Crippen MR) is 84.2 cm³/mol. The van der Waals surface area contributed by atoms with Crippen LogP contribution < -0.4 is 10.3 Å². The summed E-state index contributed by atoms with van der Waals surface area (Å²) in [6.07, 6.45) is 1.23. The summed E-state index contributed by atoms with van der Waals surface area (Å²) in [6.45, 7) is 0. The average Bonchev–Trinajstić information content (AvgIpc) is 2.90. The third-order valence-corrected chi connectivity index (χ3v) is 3.67. The molecule has 2 aromatic heterocycles. The Morgan fingerprint density at radius 1 is 1.43 bits per heavy atom. The number of methoxy groups -OCH3 is 1. The molecule has 3 aromatic rings. The maximum Gasteiger partial charge on any atom is 0.308 e. The third kappa shape index (κ3) is 2.78. The first-order chi connectivity index (χ1) is 11.0. The van der Waals surface area contributed by atoms with E-state index in [0.29, 0.717) is 27.6 Å². The van der Waals surface area contributed by atoms with Crippen molar-refractivity contribution in [2.24, 2.45) is 0 Å². The number of carboxylic acids is 1. The van der Waals surface area contributed by atoms with Crippen LogP contribution in [0.5, 0.6) is 5.75 Å². The van der Waals surface area contributed by atoms with Gasteiger partial charge in [0.25, 0.3) is 5.56 Å². The summed E-state index contributed by atoms with van der Waals surface area (Å²) in [5.41, 5.74) is 1.43. The Kier molecular flexibility index (Phi) is 3.79. The summed E-state index contributed by atoms with van der Waals surface area (Å²) in [5, 5.41) is 12.1. The highest BCUT2D eigenvalue weighted by molar-refractivity contribution is 6.32. The van der Waals surface area contributed by atoms with Gasteiger partial charge in [0, 0.05) is 23.4 Å². The molecular formula is C15H12ClN3O4. The Bertz CT molecular complexity index is 961. The summed E-state index contributed by atoms with van der Waals surface area (Å²) >= 11 is 5.99. The normalized spacial score (nSPS) is 10.9. The highest BCUT2D eigenvalue weighted by atomic mass is 35.5. The number of aromatic nitrogens is 3. The van der Waals surface area contributed by atoms with Gasteiger partial charge >= 0.3 is 5.97 Å². The number of nitrogens with one attached hydrogen (secondary N) is 1. The highest BCUT2D eigenvalue weighted by Crippen LogP contribution is 2.29. The van der Waals surface area contributed by atoms with Crippen molar-refractivity contribution in [2.75, 3.05) is 7.11 Å². The molecule has 0 aliphatic carbocycles. The topological polar surface area (TPSA) is 96.7 Å². The summed E-state index contributed by atoms with van der Waals surface area (Å²) in [7, 11) is 1.49. The molecule has 0 bridgehead atoms. The number of aliphatic carboxylic acids is 1. The second kappa shape index (κ2) is 5.77. The van der Waals surface area contributed by atoms with Crippen molar-refractivity contribution in [3.63, 3.8) is 0 Å². The molecule has 3 rings (SSSR count). The number of aromatic amines is 1. The minimum absolute atomic E-state index is 0.229. The Labute approximate surface area is 135 Å². The van der Waals surface area contributed by atoms with Gasteiger partial charge in [-0.25, -0.2) is 9.50 Å². The lowest BCUT2D eigenvalue weighted by Crippen LogP contribution is -2.14. The van der Waals surface area contributed by atoms with Crippen LogP contribution in [-0.2, 0) is 11.2 Å². The van der Waals surface area contributed by atoms with Gasteiger partial charge in [-0.05, 0) is 12.1 Å². The van der Waals surface area contributed by atoms with Crippen LogP contribution in [0.25, 0.3) is 16.9 Å². The molecule has 0 spiro atoms. The number of benzene rings is 1. The minimum Gasteiger partial charge on any atom is -0.495 e. The van der Waals surface area contributed by atoms with Crippen LogP contribution in [0.1, 0.15) is 5.56 Å². The molecule has 2 N–H and O–H groups in total. The number of hydrogen-bond acceptors (Lipinski definition) is 4. The van der Waals surface area contributed by atoms with E-state index in [9.17, 15) is 9.59 Å². The van der Waals surface area contributed by atoms with Gasteiger partial charge in [0.2, 0.25) is 0 Å². The number of ether oxygens (including phenoxy) is 1. The zero-order valence-corrected chi connectivity index (χ0v) is 12.8. The van der Waals surface area contributed by atoms with Crippen LogP contribution in [0.2, 0.25) is 5.02 Å². The summed E-state index contributed by atoms with van der Waals surface area (Å²) in [4.78, 5) is 27.5. The minimum atomic E-state index is -1.00. The van der Waals surface area contributed by atoms with Crippen molar-refractivity contribution in [3.8, 4) is 17.0 Å². The fourth-order valence-electron chi connectivity index (χ4n) is 2.29. The van der Waals surface area contributed by atoms with Crippen LogP contribution in [0.3, 0.4) is 0 Å². The first-order valence-electron chi connectivity index (χ1n) is 6.65. The van der Waals surface area contributed by atoms with Crippen molar-refractivity contribution in [2.45, 2.75) is 6.42 Å². The third-order valence-electron chi connectivity index (χ3n) is 3.36. The van der Waals surface area contributed by atoms with Crippen molar-refractivity contribution in [1.29, 1.82) is 0 Å². The van der Waals surface area contributed by atoms with Crippen LogP contribution in [0.15, 0.2) is 35.3 Å². The lowest BCUT2D eigenvalue weighted by atomic mass is 10.1. The van der Waals surface area contributed by atoms with Crippen LogP contribution in [-0.4, -0.2) is 32.8 Å². The quantitative estimate of drug-likeness (QED) is 0.761. The Morgan fingerprint density at radius 2 is 2.22 bits per heavy atom. The van der Waals surface area contributed by atoms with E-state index in [-0.39, 0.29) is 17.6 Å². The smallest absolute Gasteiger partial charge is 0.308 e. The van der Waals surface area contributed by atoms with E-state index in [2.05, 4.69) is 10.1 Å². The molecule has 0 amide bonds. The lowest BCUT2D eigenvalue weighted by Gasteiger charge is -2.06. The number of rotatable bonds is 4. The Morgan fingerprint density at radius 3 is 2.91 bits per heavy atom. The number of hydrogen-bond donors (Lipinski definition) is 2. The molecule has 0 atom stereocenters. The van der Waals surface area contributed by atoms with Crippen molar-refractivity contribution in [1.82, 2.24) is 14.6 Å². The van der Waals surface area contributed by atoms with Gasteiger partial charge in [0.05, 0.1) is 24.2 Å². The number of nitrogens with zero attached hydrogens (tertiary/aromatic N) is 2. The standard InChI is InChI=1S/C15H12ClN3O4/c1-23-12-4-8(2-3-10(12)16)11-6-13(20)19-15(18-11)9(7-17-19)5-14(21)22/h2-4,6-7,17H,5H2,1H3,(H,21,22). The van der Waals surface area contributed by atoms with Gasteiger partial charge in [-0.3, -0.25) is 14.7 Å². The molecular weight excluding hydrogens is 322 g/mol. The van der Waals surface area contributed by atoms with E-state index >= 15 is 0 Å². The SMILES string of the molecule is COc1cc(-c2cc(=O)n3[nH]cc(CC(=O)O)c3n2)ccc1Cl. The fourth-order valence-corrected chi connectivity index (χ4v) is 2.48. The second-order valence-corrected chi connectivity index (χ2v) is 5.26. The van der Waals surface area contributed by atoms with Gasteiger partial charge in [-0.2, -0.15) is 0 Å². The second-order valence-electron chi connectivity index (χ2n) is 4.86. The maximum atomic E-state index is 12.2. The van der Waals surface area contributed by atoms with Crippen molar-refractivity contribution >= 4 is 23.2 Å². The molecule has 0 aliphatic heterocycles. The fraction of sp³-hybridized carbons (Fsp3) is 0.133. The van der Waals surface area contributed by atoms with Crippen molar-refractivity contribution < 1.29 is 14.6 Å². The average molecular weight is 334 g/mol. The molecule has 0 saturated heterocycles. The number of carboxylic acid groups (broad SMARTS) is 1. The maximum absolute atomic E-state index is 12.2. The molecule has 118 valence electrons. The molecule has 8 heteroatoms. The van der Waals surface area contributed by atoms with Crippen molar-refractivity contribution in [3.05, 3.63) is 51.4 Å². The zero-order chi connectivity index (χ0) is 16.6. The molecule has 0 unspecified atom stereocenters. The first-order valence-corrected chi connectivity index (χ1v) is 7.03. The van der Waals surface area contributed by atoms with Gasteiger partial charge in [0.15, 0.2) is 5.65 Å². The molecule has 0 fully saturated rings. The summed E-state index contributed by atoms with van der Waals surface area (Å²) < 4.78 is 6.36. The first kappa shape index (κ1) is 15.1. The molecule has 0 radical (unpaired) electrons. The van der Waals surface area contributed by atoms with Gasteiger partial charge in [-0.1, -0.05) is 17.7 Å². The van der Waals surface area contributed by atoms with Gasteiger partial charge in [0.1, 0.15) is 5.75 Å². The number of halogens is 1. The van der Waals surface area contributed by atoms with E-state index in [4.69, 9.17) is 21.4 Å². The predicted octanol–water partition coefficient (Wildman–Crippen LogP) is 1.98. The van der Waals surface area contributed by atoms with E-state index in [1.165, 1.54) is 23.9 Å². The molecule has 0 aliphatic rings. The van der Waals surface area contributed by atoms with E-state index in [0.717, 1.165) is 0 Å². The zero-order valence-electron chi connectivity index (χ0n) is 12.0. The molecule has 0 saturated carbocycles. The van der Waals surface area contributed by atoms with Gasteiger partial charge < -0.3 is 9.84 Å². The van der Waals surface area contributed by atoms with Crippen LogP contribution >= 0.6 is 11.6 Å². The van der Waals surface area contributed by atoms with Crippen LogP contribution in [0, 0.1) is 0 Å². The van der Waals surface area contributed by atoms with Gasteiger partial charge in [-0.15, -0.1) is 0 Å². The molecule has 7 nitrogen and oxygen atoms in total. The number of carbonyl (C=O) groups is 1. The van der Waals surface area contributed by atoms with E-state index < -0.39 is 5.97 Å². The number of fused-ring (bicyclic) bond motifs is 1. The highest BCUT2D eigenvalue weighted by Gasteiger charge is 2.13. The molecule has 2 heterocycles. The largest absolute Gasteiger partial charge is 0.495 e.